The van der Waals surface area contributed by atoms with Crippen molar-refractivity contribution in [2.75, 3.05) is 0 Å². The fourth-order valence-electron chi connectivity index (χ4n) is 2.69. The summed E-state index contributed by atoms with van der Waals surface area (Å²) in [5.41, 5.74) is 6.22. The Balaban J connectivity index is 3.26. The molecule has 0 aromatic heterocycles. The molecule has 0 saturated heterocycles. The van der Waals surface area contributed by atoms with E-state index in [-0.39, 0.29) is 0 Å². The van der Waals surface area contributed by atoms with Crippen LogP contribution in [0.4, 0.5) is 0 Å². The van der Waals surface area contributed by atoms with Gasteiger partial charge in [-0.1, -0.05) is 65.2 Å². The van der Waals surface area contributed by atoms with Crippen molar-refractivity contribution in [3.63, 3.8) is 0 Å². The molecule has 0 aliphatic heterocycles. The van der Waals surface area contributed by atoms with E-state index in [0.29, 0.717) is 12.0 Å². The lowest BCUT2D eigenvalue weighted by Gasteiger charge is -2.20. The second-order valence-corrected chi connectivity index (χ2v) is 5.59. The molecule has 0 rings (SSSR count). The van der Waals surface area contributed by atoms with Crippen molar-refractivity contribution in [1.82, 2.24) is 0 Å². The first-order valence-electron chi connectivity index (χ1n) is 8.17. The normalized spacial score (nSPS) is 13.5. The highest BCUT2D eigenvalue weighted by Crippen LogP contribution is 2.17. The SMILES string of the molecule is CCC(CC)C(N)CCCCCCCCCC=NO. The molecule has 3 heteroatoms. The minimum Gasteiger partial charge on any atom is -0.411 e. The molecule has 0 aliphatic carbocycles. The molecule has 0 bridgehead atoms. The van der Waals surface area contributed by atoms with Crippen molar-refractivity contribution in [1.29, 1.82) is 0 Å². The molecule has 0 spiro atoms. The smallest absolute Gasteiger partial charge is 0.0435 e. The number of unbranched alkanes of at least 4 members (excludes halogenated alkanes) is 7. The number of oxime groups is 1. The number of hydrogen-bond donors (Lipinski definition) is 2. The molecule has 0 aromatic carbocycles. The van der Waals surface area contributed by atoms with Crippen molar-refractivity contribution < 1.29 is 5.21 Å². The number of nitrogens with two attached hydrogens (primary N) is 1. The molecule has 1 atom stereocenters. The van der Waals surface area contributed by atoms with Crippen molar-refractivity contribution in [2.45, 2.75) is 90.5 Å². The fourth-order valence-corrected chi connectivity index (χ4v) is 2.69. The van der Waals surface area contributed by atoms with Crippen LogP contribution in [0.15, 0.2) is 5.16 Å². The third kappa shape index (κ3) is 11.0. The van der Waals surface area contributed by atoms with Crippen molar-refractivity contribution in [3.05, 3.63) is 0 Å². The first-order valence-corrected chi connectivity index (χ1v) is 8.17. The minimum atomic E-state index is 0.410. The maximum Gasteiger partial charge on any atom is 0.0435 e. The summed E-state index contributed by atoms with van der Waals surface area (Å²) in [6, 6.07) is 0.410. The van der Waals surface area contributed by atoms with E-state index in [1.54, 1.807) is 6.21 Å². The van der Waals surface area contributed by atoms with Gasteiger partial charge in [0.1, 0.15) is 0 Å². The van der Waals surface area contributed by atoms with Gasteiger partial charge in [0, 0.05) is 12.3 Å². The monoisotopic (exact) mass is 270 g/mol. The summed E-state index contributed by atoms with van der Waals surface area (Å²) in [7, 11) is 0. The predicted octanol–water partition coefficient (Wildman–Crippen LogP) is 4.72. The van der Waals surface area contributed by atoms with Crippen LogP contribution in [0.1, 0.15) is 84.5 Å². The zero-order valence-corrected chi connectivity index (χ0v) is 13.0. The molecule has 0 saturated carbocycles. The number of rotatable bonds is 13. The molecule has 0 heterocycles. The van der Waals surface area contributed by atoms with Crippen molar-refractivity contribution in [3.8, 4) is 0 Å². The standard InChI is InChI=1S/C16H34N2O/c1-3-15(4-2)16(17)13-11-9-7-5-6-8-10-12-14-18-19/h14-16,19H,3-13,17H2,1-2H3. The maximum atomic E-state index is 8.24. The van der Waals surface area contributed by atoms with Crippen LogP contribution in [0, 0.1) is 5.92 Å². The lowest BCUT2D eigenvalue weighted by Crippen LogP contribution is -2.29. The zero-order valence-electron chi connectivity index (χ0n) is 13.0. The quantitative estimate of drug-likeness (QED) is 0.220. The van der Waals surface area contributed by atoms with E-state index in [2.05, 4.69) is 19.0 Å². The lowest BCUT2D eigenvalue weighted by molar-refractivity contribution is 0.320. The van der Waals surface area contributed by atoms with Gasteiger partial charge in [0.25, 0.3) is 0 Å². The second-order valence-electron chi connectivity index (χ2n) is 5.59. The largest absolute Gasteiger partial charge is 0.411 e. The van der Waals surface area contributed by atoms with Gasteiger partial charge in [0.15, 0.2) is 0 Å². The second kappa shape index (κ2) is 13.9. The summed E-state index contributed by atoms with van der Waals surface area (Å²) >= 11 is 0. The Morgan fingerprint density at radius 2 is 1.47 bits per heavy atom. The molecule has 0 fully saturated rings. The van der Waals surface area contributed by atoms with Gasteiger partial charge in [-0.15, -0.1) is 5.16 Å². The fraction of sp³-hybridized carbons (Fsp3) is 0.938. The van der Waals surface area contributed by atoms with E-state index < -0.39 is 0 Å². The number of nitrogens with zero attached hydrogens (tertiary/aromatic N) is 1. The molecular weight excluding hydrogens is 236 g/mol. The van der Waals surface area contributed by atoms with Gasteiger partial charge in [-0.25, -0.2) is 0 Å². The lowest BCUT2D eigenvalue weighted by atomic mass is 9.91. The van der Waals surface area contributed by atoms with Crippen molar-refractivity contribution >= 4 is 6.21 Å². The first-order chi connectivity index (χ1) is 9.26. The molecule has 114 valence electrons. The molecule has 1 unspecified atom stereocenters. The number of hydrogen-bond acceptors (Lipinski definition) is 3. The molecular formula is C16H34N2O. The van der Waals surface area contributed by atoms with E-state index in [1.165, 1.54) is 57.8 Å². The predicted molar refractivity (Wildman–Crippen MR) is 83.9 cm³/mol. The maximum absolute atomic E-state index is 8.24. The Hall–Kier alpha value is -0.570. The molecule has 3 N–H and O–H groups in total. The van der Waals surface area contributed by atoms with Gasteiger partial charge in [0.05, 0.1) is 0 Å². The Bertz CT molecular complexity index is 203. The minimum absolute atomic E-state index is 0.410. The summed E-state index contributed by atoms with van der Waals surface area (Å²) in [6.45, 7) is 4.49. The molecule has 0 radical (unpaired) electrons. The van der Waals surface area contributed by atoms with Crippen LogP contribution in [0.5, 0.6) is 0 Å². The highest BCUT2D eigenvalue weighted by Gasteiger charge is 2.12. The Labute approximate surface area is 119 Å². The van der Waals surface area contributed by atoms with Crippen molar-refractivity contribution in [2.24, 2.45) is 16.8 Å². The van der Waals surface area contributed by atoms with Gasteiger partial charge in [-0.3, -0.25) is 0 Å². The highest BCUT2D eigenvalue weighted by atomic mass is 16.4. The van der Waals surface area contributed by atoms with Crippen LogP contribution in [0.25, 0.3) is 0 Å². The summed E-state index contributed by atoms with van der Waals surface area (Å²) in [5.74, 6) is 0.716. The Morgan fingerprint density at radius 3 is 2.00 bits per heavy atom. The van der Waals surface area contributed by atoms with Crippen LogP contribution in [-0.4, -0.2) is 17.5 Å². The molecule has 19 heavy (non-hydrogen) atoms. The van der Waals surface area contributed by atoms with E-state index in [0.717, 1.165) is 12.8 Å². The average molecular weight is 270 g/mol. The zero-order chi connectivity index (χ0) is 14.3. The van der Waals surface area contributed by atoms with E-state index in [9.17, 15) is 0 Å². The third-order valence-electron chi connectivity index (χ3n) is 4.11. The topological polar surface area (TPSA) is 58.6 Å². The molecule has 0 amide bonds. The molecule has 0 aliphatic rings. The van der Waals surface area contributed by atoms with Gasteiger partial charge in [0.2, 0.25) is 0 Å². The summed E-state index contributed by atoms with van der Waals surface area (Å²) in [4.78, 5) is 0. The highest BCUT2D eigenvalue weighted by molar-refractivity contribution is 5.55. The van der Waals surface area contributed by atoms with Gasteiger partial charge < -0.3 is 10.9 Å². The van der Waals surface area contributed by atoms with Crippen LogP contribution in [0.2, 0.25) is 0 Å². The van der Waals surface area contributed by atoms with Crippen LogP contribution >= 0.6 is 0 Å². The van der Waals surface area contributed by atoms with Gasteiger partial charge >= 0.3 is 0 Å². The van der Waals surface area contributed by atoms with Gasteiger partial charge in [-0.05, 0) is 25.2 Å². The first kappa shape index (κ1) is 18.4. The summed E-state index contributed by atoms with van der Waals surface area (Å²) < 4.78 is 0. The average Bonchev–Trinajstić information content (AvgIpc) is 2.42. The van der Waals surface area contributed by atoms with Crippen LogP contribution in [0.3, 0.4) is 0 Å². The van der Waals surface area contributed by atoms with Crippen LogP contribution in [-0.2, 0) is 0 Å². The van der Waals surface area contributed by atoms with Crippen LogP contribution < -0.4 is 5.73 Å². The summed E-state index contributed by atoms with van der Waals surface area (Å²) in [5, 5.41) is 11.2. The molecule has 3 nitrogen and oxygen atoms in total. The van der Waals surface area contributed by atoms with Gasteiger partial charge in [-0.2, -0.15) is 0 Å². The van der Waals surface area contributed by atoms with E-state index in [4.69, 9.17) is 10.9 Å². The Kier molecular flexibility index (Phi) is 13.4. The Morgan fingerprint density at radius 1 is 0.947 bits per heavy atom. The van der Waals surface area contributed by atoms with E-state index >= 15 is 0 Å². The molecule has 0 aromatic rings. The summed E-state index contributed by atoms with van der Waals surface area (Å²) in [6.07, 6.45) is 15.1. The third-order valence-corrected chi connectivity index (χ3v) is 4.11. The van der Waals surface area contributed by atoms with E-state index in [1.807, 2.05) is 0 Å².